The van der Waals surface area contributed by atoms with E-state index in [1.54, 1.807) is 0 Å². The van der Waals surface area contributed by atoms with E-state index in [1.165, 1.54) is 11.3 Å². The highest BCUT2D eigenvalue weighted by molar-refractivity contribution is 9.10. The van der Waals surface area contributed by atoms with Crippen LogP contribution in [0.1, 0.15) is 26.3 Å². The van der Waals surface area contributed by atoms with E-state index in [9.17, 15) is 5.11 Å². The molecule has 0 aliphatic carbocycles. The summed E-state index contributed by atoms with van der Waals surface area (Å²) in [6, 6.07) is 6.36. The first kappa shape index (κ1) is 16.7. The Labute approximate surface area is 135 Å². The summed E-state index contributed by atoms with van der Waals surface area (Å²) in [6.07, 6.45) is 0. The molecule has 1 fully saturated rings. The number of rotatable bonds is 4. The van der Waals surface area contributed by atoms with Crippen molar-refractivity contribution in [3.8, 4) is 0 Å². The summed E-state index contributed by atoms with van der Waals surface area (Å²) in [4.78, 5) is 2.26. The molecule has 4 nitrogen and oxygen atoms in total. The van der Waals surface area contributed by atoms with Gasteiger partial charge in [0.2, 0.25) is 0 Å². The Morgan fingerprint density at radius 3 is 2.86 bits per heavy atom. The molecular formula is C16H25BrN2O2. The van der Waals surface area contributed by atoms with Gasteiger partial charge in [-0.25, -0.2) is 0 Å². The fourth-order valence-electron chi connectivity index (χ4n) is 2.46. The topological polar surface area (TPSA) is 44.7 Å². The van der Waals surface area contributed by atoms with Gasteiger partial charge < -0.3 is 20.1 Å². The van der Waals surface area contributed by atoms with Gasteiger partial charge in [0.15, 0.2) is 0 Å². The molecule has 0 saturated carbocycles. The lowest BCUT2D eigenvalue weighted by molar-refractivity contribution is 0.0726. The van der Waals surface area contributed by atoms with Crippen LogP contribution in [0.5, 0.6) is 0 Å². The smallest absolute Gasteiger partial charge is 0.0755 e. The zero-order chi connectivity index (χ0) is 15.5. The number of hydrogen-bond acceptors (Lipinski definition) is 4. The number of nitrogens with one attached hydrogen (secondary N) is 1. The molecule has 2 N–H and O–H groups in total. The summed E-state index contributed by atoms with van der Waals surface area (Å²) < 4.78 is 6.55. The molecule has 1 aromatic carbocycles. The number of halogens is 1. The normalized spacial score (nSPS) is 19.9. The lowest BCUT2D eigenvalue weighted by Gasteiger charge is -2.38. The molecule has 0 aromatic heterocycles. The molecule has 0 bridgehead atoms. The Morgan fingerprint density at radius 1 is 1.43 bits per heavy atom. The maximum atomic E-state index is 9.58. The monoisotopic (exact) mass is 356 g/mol. The zero-order valence-electron chi connectivity index (χ0n) is 13.0. The van der Waals surface area contributed by atoms with E-state index in [0.29, 0.717) is 13.2 Å². The van der Waals surface area contributed by atoms with Crippen molar-refractivity contribution in [2.45, 2.75) is 38.9 Å². The van der Waals surface area contributed by atoms with Crippen LogP contribution in [0.3, 0.4) is 0 Å². The first-order valence-corrected chi connectivity index (χ1v) is 8.19. The van der Waals surface area contributed by atoms with Crippen LogP contribution in [0.25, 0.3) is 0 Å². The van der Waals surface area contributed by atoms with Crippen molar-refractivity contribution in [1.82, 2.24) is 5.32 Å². The molecule has 1 unspecified atom stereocenters. The minimum Gasteiger partial charge on any atom is -0.394 e. The van der Waals surface area contributed by atoms with Crippen LogP contribution < -0.4 is 10.2 Å². The van der Waals surface area contributed by atoms with Crippen LogP contribution in [-0.2, 0) is 11.3 Å². The van der Waals surface area contributed by atoms with Gasteiger partial charge in [0.05, 0.1) is 25.9 Å². The summed E-state index contributed by atoms with van der Waals surface area (Å²) in [6.45, 7) is 9.50. The van der Waals surface area contributed by atoms with Crippen LogP contribution in [-0.4, -0.2) is 43.1 Å². The van der Waals surface area contributed by atoms with E-state index in [4.69, 9.17) is 4.74 Å². The van der Waals surface area contributed by atoms with Gasteiger partial charge in [-0.1, -0.05) is 15.9 Å². The van der Waals surface area contributed by atoms with E-state index in [1.807, 2.05) is 0 Å². The Balaban J connectivity index is 2.25. The van der Waals surface area contributed by atoms with Gasteiger partial charge in [0.25, 0.3) is 0 Å². The molecule has 0 spiro atoms. The highest BCUT2D eigenvalue weighted by atomic mass is 79.9. The summed E-state index contributed by atoms with van der Waals surface area (Å²) >= 11 is 3.55. The number of morpholine rings is 1. The standard InChI is InChI=1S/C16H25BrN2O2/c1-16(2,3)18-9-12-8-13(17)4-5-15(12)19-6-7-21-11-14(19)10-20/h4-5,8,14,18,20H,6-7,9-11H2,1-3H3. The predicted octanol–water partition coefficient (Wildman–Crippen LogP) is 2.53. The second-order valence-corrected chi connectivity index (χ2v) is 7.40. The molecule has 0 amide bonds. The van der Waals surface area contributed by atoms with Crippen LogP contribution in [0, 0.1) is 0 Å². The molecule has 21 heavy (non-hydrogen) atoms. The van der Waals surface area contributed by atoms with Crippen molar-refractivity contribution in [2.24, 2.45) is 0 Å². The molecule has 1 saturated heterocycles. The van der Waals surface area contributed by atoms with Gasteiger partial charge in [-0.15, -0.1) is 0 Å². The summed E-state index contributed by atoms with van der Waals surface area (Å²) in [5, 5.41) is 13.1. The fraction of sp³-hybridized carbons (Fsp3) is 0.625. The highest BCUT2D eigenvalue weighted by Gasteiger charge is 2.24. The molecular weight excluding hydrogens is 332 g/mol. The van der Waals surface area contributed by atoms with E-state index >= 15 is 0 Å². The Hall–Kier alpha value is -0.620. The van der Waals surface area contributed by atoms with Crippen LogP contribution in [0.4, 0.5) is 5.69 Å². The van der Waals surface area contributed by atoms with Gasteiger partial charge in [-0.3, -0.25) is 0 Å². The zero-order valence-corrected chi connectivity index (χ0v) is 14.6. The number of nitrogens with zero attached hydrogens (tertiary/aromatic N) is 1. The average molecular weight is 357 g/mol. The van der Waals surface area contributed by atoms with Crippen LogP contribution >= 0.6 is 15.9 Å². The first-order valence-electron chi connectivity index (χ1n) is 7.39. The number of hydrogen-bond donors (Lipinski definition) is 2. The Bertz CT molecular complexity index is 474. The molecule has 1 aromatic rings. The van der Waals surface area contributed by atoms with Crippen LogP contribution in [0.2, 0.25) is 0 Å². The van der Waals surface area contributed by atoms with Crippen molar-refractivity contribution in [2.75, 3.05) is 31.3 Å². The molecule has 1 aliphatic rings. The summed E-state index contributed by atoms with van der Waals surface area (Å²) in [5.74, 6) is 0. The number of anilines is 1. The third kappa shape index (κ3) is 4.68. The summed E-state index contributed by atoms with van der Waals surface area (Å²) in [5.41, 5.74) is 2.48. The average Bonchev–Trinajstić information content (AvgIpc) is 2.44. The maximum absolute atomic E-state index is 9.58. The van der Waals surface area contributed by atoms with Gasteiger partial charge in [-0.2, -0.15) is 0 Å². The van der Waals surface area contributed by atoms with Crippen molar-refractivity contribution in [3.05, 3.63) is 28.2 Å². The molecule has 0 radical (unpaired) electrons. The Kier molecular flexibility index (Phi) is 5.66. The number of aliphatic hydroxyl groups is 1. The largest absolute Gasteiger partial charge is 0.394 e. The molecule has 118 valence electrons. The van der Waals surface area contributed by atoms with Crippen molar-refractivity contribution >= 4 is 21.6 Å². The summed E-state index contributed by atoms with van der Waals surface area (Å²) in [7, 11) is 0. The third-order valence-corrected chi connectivity index (χ3v) is 4.09. The third-order valence-electron chi connectivity index (χ3n) is 3.60. The maximum Gasteiger partial charge on any atom is 0.0755 e. The van der Waals surface area contributed by atoms with Crippen molar-refractivity contribution < 1.29 is 9.84 Å². The van der Waals surface area contributed by atoms with Crippen molar-refractivity contribution in [1.29, 1.82) is 0 Å². The minimum absolute atomic E-state index is 0.0355. The SMILES string of the molecule is CC(C)(C)NCc1cc(Br)ccc1N1CCOCC1CO. The van der Waals surface area contributed by atoms with E-state index in [0.717, 1.165) is 17.6 Å². The lowest BCUT2D eigenvalue weighted by atomic mass is 10.1. The molecule has 1 aliphatic heterocycles. The molecule has 1 heterocycles. The van der Waals surface area contributed by atoms with E-state index in [-0.39, 0.29) is 18.2 Å². The number of benzene rings is 1. The van der Waals surface area contributed by atoms with Gasteiger partial charge in [0.1, 0.15) is 0 Å². The van der Waals surface area contributed by atoms with E-state index < -0.39 is 0 Å². The Morgan fingerprint density at radius 2 is 2.19 bits per heavy atom. The van der Waals surface area contributed by atoms with Gasteiger partial charge >= 0.3 is 0 Å². The number of aliphatic hydroxyl groups excluding tert-OH is 1. The fourth-order valence-corrected chi connectivity index (χ4v) is 2.87. The highest BCUT2D eigenvalue weighted by Crippen LogP contribution is 2.28. The quantitative estimate of drug-likeness (QED) is 0.869. The van der Waals surface area contributed by atoms with Gasteiger partial charge in [-0.05, 0) is 44.5 Å². The molecule has 5 heteroatoms. The molecule has 2 rings (SSSR count). The predicted molar refractivity (Wildman–Crippen MR) is 89.8 cm³/mol. The second-order valence-electron chi connectivity index (χ2n) is 6.48. The van der Waals surface area contributed by atoms with Crippen LogP contribution in [0.15, 0.2) is 22.7 Å². The van der Waals surface area contributed by atoms with Gasteiger partial charge in [0, 0.05) is 28.8 Å². The minimum atomic E-state index is 0.0355. The molecule has 1 atom stereocenters. The van der Waals surface area contributed by atoms with E-state index in [2.05, 4.69) is 65.1 Å². The lowest BCUT2D eigenvalue weighted by Crippen LogP contribution is -2.48. The van der Waals surface area contributed by atoms with Crippen molar-refractivity contribution in [3.63, 3.8) is 0 Å². The second kappa shape index (κ2) is 7.09. The number of ether oxygens (including phenoxy) is 1. The first-order chi connectivity index (χ1) is 9.90.